The smallest absolute Gasteiger partial charge is 0.261 e. The predicted octanol–water partition coefficient (Wildman–Crippen LogP) is 6.11. The second-order valence-electron chi connectivity index (χ2n) is 9.84. The van der Waals surface area contributed by atoms with E-state index >= 15 is 0 Å². The molecule has 178 valence electrons. The molecule has 3 rings (SSSR count). The van der Waals surface area contributed by atoms with Crippen molar-refractivity contribution in [1.82, 2.24) is 4.90 Å². The van der Waals surface area contributed by atoms with Crippen molar-refractivity contribution in [1.29, 1.82) is 0 Å². The summed E-state index contributed by atoms with van der Waals surface area (Å²) < 4.78 is 11.9. The Morgan fingerprint density at radius 3 is 1.94 bits per heavy atom. The van der Waals surface area contributed by atoms with E-state index in [2.05, 4.69) is 41.5 Å². The van der Waals surface area contributed by atoms with Crippen molar-refractivity contribution in [3.63, 3.8) is 0 Å². The summed E-state index contributed by atoms with van der Waals surface area (Å²) in [5.74, 6) is 0.211. The van der Waals surface area contributed by atoms with E-state index in [0.717, 1.165) is 35.0 Å². The number of ether oxygens (including phenoxy) is 1. The average Bonchev–Trinajstić information content (AvgIpc) is 2.83. The van der Waals surface area contributed by atoms with Crippen LogP contribution in [0.5, 0.6) is 5.75 Å². The standard InChI is InChI=1S/C27H37NO4Si/c1-8-33(9-2,10-3)32-24-23(19-13-17-22(31-7)18-14-19)28(26(24)30)25(29)20-11-15-21(16-12-20)27(4,5)6/h11-18,23-24H,8-10H2,1-7H3/t23-,24+/m1/s1. The fourth-order valence-electron chi connectivity index (χ4n) is 4.45. The van der Waals surface area contributed by atoms with Crippen molar-refractivity contribution in [3.8, 4) is 5.75 Å². The molecule has 2 aromatic rings. The molecule has 0 N–H and O–H groups in total. The fourth-order valence-corrected chi connectivity index (χ4v) is 7.22. The first-order valence-electron chi connectivity index (χ1n) is 11.9. The molecule has 0 saturated carbocycles. The van der Waals surface area contributed by atoms with Gasteiger partial charge in [-0.1, -0.05) is 65.8 Å². The minimum absolute atomic E-state index is 0.00681. The van der Waals surface area contributed by atoms with Gasteiger partial charge in [-0.05, 0) is 58.9 Å². The summed E-state index contributed by atoms with van der Waals surface area (Å²) in [6.45, 7) is 12.8. The Kier molecular flexibility index (Phi) is 7.49. The highest BCUT2D eigenvalue weighted by atomic mass is 28.4. The molecule has 2 aromatic carbocycles. The van der Waals surface area contributed by atoms with Gasteiger partial charge in [0.1, 0.15) is 5.75 Å². The summed E-state index contributed by atoms with van der Waals surface area (Å²) in [5, 5.41) is 0. The molecule has 5 nitrogen and oxygen atoms in total. The topological polar surface area (TPSA) is 55.8 Å². The second-order valence-corrected chi connectivity index (χ2v) is 14.6. The predicted molar refractivity (Wildman–Crippen MR) is 134 cm³/mol. The highest BCUT2D eigenvalue weighted by Gasteiger charge is 2.54. The summed E-state index contributed by atoms with van der Waals surface area (Å²) >= 11 is 0. The maximum absolute atomic E-state index is 13.5. The van der Waals surface area contributed by atoms with Gasteiger partial charge in [-0.15, -0.1) is 0 Å². The minimum Gasteiger partial charge on any atom is -0.497 e. The van der Waals surface area contributed by atoms with E-state index in [1.165, 1.54) is 4.90 Å². The quantitative estimate of drug-likeness (QED) is 0.267. The molecule has 1 aliphatic heterocycles. The van der Waals surface area contributed by atoms with Crippen LogP contribution in [0.3, 0.4) is 0 Å². The van der Waals surface area contributed by atoms with Crippen LogP contribution in [0.2, 0.25) is 18.1 Å². The van der Waals surface area contributed by atoms with Gasteiger partial charge in [0.15, 0.2) is 14.4 Å². The molecule has 0 bridgehead atoms. The number of hydrogen-bond donors (Lipinski definition) is 0. The number of likely N-dealkylation sites (tertiary alicyclic amines) is 1. The molecule has 1 saturated heterocycles. The number of carbonyl (C=O) groups is 2. The van der Waals surface area contributed by atoms with Gasteiger partial charge in [-0.2, -0.15) is 0 Å². The zero-order chi connectivity index (χ0) is 24.4. The first-order valence-corrected chi connectivity index (χ1v) is 14.4. The molecule has 1 fully saturated rings. The van der Waals surface area contributed by atoms with Gasteiger partial charge in [0, 0.05) is 5.56 Å². The molecule has 33 heavy (non-hydrogen) atoms. The van der Waals surface area contributed by atoms with E-state index in [1.807, 2.05) is 48.5 Å². The SMILES string of the molecule is CC[Si](CC)(CC)O[C@@H]1C(=O)N(C(=O)c2ccc(C(C)(C)C)cc2)[C@@H]1c1ccc(OC)cc1. The zero-order valence-electron chi connectivity index (χ0n) is 21.0. The van der Waals surface area contributed by atoms with Gasteiger partial charge in [-0.25, -0.2) is 0 Å². The van der Waals surface area contributed by atoms with Crippen LogP contribution in [0.4, 0.5) is 0 Å². The number of rotatable bonds is 8. The average molecular weight is 468 g/mol. The first kappa shape index (κ1) is 25.2. The van der Waals surface area contributed by atoms with Crippen molar-refractivity contribution < 1.29 is 18.8 Å². The molecule has 0 aliphatic carbocycles. The van der Waals surface area contributed by atoms with Crippen LogP contribution < -0.4 is 4.74 Å². The van der Waals surface area contributed by atoms with Crippen LogP contribution in [0.25, 0.3) is 0 Å². The second kappa shape index (κ2) is 9.81. The Balaban J connectivity index is 1.95. The van der Waals surface area contributed by atoms with Crippen LogP contribution in [0, 0.1) is 0 Å². The number of benzene rings is 2. The first-order chi connectivity index (χ1) is 15.6. The summed E-state index contributed by atoms with van der Waals surface area (Å²) in [6, 6.07) is 17.5. The van der Waals surface area contributed by atoms with Crippen LogP contribution >= 0.6 is 0 Å². The Morgan fingerprint density at radius 1 is 0.939 bits per heavy atom. The maximum atomic E-state index is 13.5. The van der Waals surface area contributed by atoms with Crippen LogP contribution in [0.15, 0.2) is 48.5 Å². The van der Waals surface area contributed by atoms with Crippen molar-refractivity contribution in [2.24, 2.45) is 0 Å². The lowest BCUT2D eigenvalue weighted by atomic mass is 9.86. The Morgan fingerprint density at radius 2 is 1.48 bits per heavy atom. The summed E-state index contributed by atoms with van der Waals surface area (Å²) in [5.41, 5.74) is 2.53. The van der Waals surface area contributed by atoms with Gasteiger partial charge in [0.05, 0.1) is 13.2 Å². The highest BCUT2D eigenvalue weighted by Crippen LogP contribution is 2.42. The molecular weight excluding hydrogens is 430 g/mol. The third-order valence-corrected chi connectivity index (χ3v) is 11.6. The number of nitrogens with zero attached hydrogens (tertiary/aromatic N) is 1. The van der Waals surface area contributed by atoms with E-state index in [4.69, 9.17) is 9.16 Å². The van der Waals surface area contributed by atoms with E-state index in [0.29, 0.717) is 5.56 Å². The lowest BCUT2D eigenvalue weighted by Gasteiger charge is -2.48. The minimum atomic E-state index is -2.04. The molecule has 1 heterocycles. The van der Waals surface area contributed by atoms with Crippen LogP contribution in [-0.4, -0.2) is 38.2 Å². The number of carbonyl (C=O) groups excluding carboxylic acids is 2. The summed E-state index contributed by atoms with van der Waals surface area (Å²) in [7, 11) is -0.420. The van der Waals surface area contributed by atoms with E-state index in [1.54, 1.807) is 7.11 Å². The molecule has 6 heteroatoms. The maximum Gasteiger partial charge on any atom is 0.261 e. The summed E-state index contributed by atoms with van der Waals surface area (Å²) in [6.07, 6.45) is -0.622. The monoisotopic (exact) mass is 467 g/mol. The summed E-state index contributed by atoms with van der Waals surface area (Å²) in [4.78, 5) is 28.1. The lowest BCUT2D eigenvalue weighted by Crippen LogP contribution is -2.64. The molecule has 0 aromatic heterocycles. The normalized spacial score (nSPS) is 18.8. The third kappa shape index (κ3) is 4.92. The lowest BCUT2D eigenvalue weighted by molar-refractivity contribution is -0.158. The number of amides is 2. The van der Waals surface area contributed by atoms with E-state index in [9.17, 15) is 9.59 Å². The highest BCUT2D eigenvalue weighted by molar-refractivity contribution is 6.73. The van der Waals surface area contributed by atoms with Crippen molar-refractivity contribution in [2.45, 2.75) is 77.2 Å². The van der Waals surface area contributed by atoms with Crippen LogP contribution in [-0.2, 0) is 14.6 Å². The van der Waals surface area contributed by atoms with Gasteiger partial charge < -0.3 is 9.16 Å². The third-order valence-electron chi connectivity index (χ3n) is 7.03. The van der Waals surface area contributed by atoms with Crippen molar-refractivity contribution >= 4 is 20.1 Å². The molecular formula is C27H37NO4Si. The molecule has 2 amide bonds. The molecule has 0 radical (unpaired) electrons. The Hall–Kier alpha value is -2.44. The Labute approximate surface area is 199 Å². The number of β-lactam (4-membered cyclic amide) rings is 1. The van der Waals surface area contributed by atoms with Crippen molar-refractivity contribution in [2.75, 3.05) is 7.11 Å². The van der Waals surface area contributed by atoms with Gasteiger partial charge in [-0.3, -0.25) is 14.5 Å². The number of methoxy groups -OCH3 is 1. The molecule has 0 spiro atoms. The number of imide groups is 1. The van der Waals surface area contributed by atoms with E-state index in [-0.39, 0.29) is 17.2 Å². The van der Waals surface area contributed by atoms with Crippen molar-refractivity contribution in [3.05, 3.63) is 65.2 Å². The molecule has 0 unspecified atom stereocenters. The molecule has 2 atom stereocenters. The van der Waals surface area contributed by atoms with Gasteiger partial charge in [0.25, 0.3) is 11.8 Å². The largest absolute Gasteiger partial charge is 0.497 e. The zero-order valence-corrected chi connectivity index (χ0v) is 22.0. The Bertz CT molecular complexity index is 966. The van der Waals surface area contributed by atoms with Gasteiger partial charge >= 0.3 is 0 Å². The van der Waals surface area contributed by atoms with E-state index < -0.39 is 20.5 Å². The number of hydrogen-bond acceptors (Lipinski definition) is 4. The van der Waals surface area contributed by atoms with Crippen LogP contribution in [0.1, 0.15) is 69.1 Å². The molecule has 1 aliphatic rings. The van der Waals surface area contributed by atoms with Gasteiger partial charge in [0.2, 0.25) is 0 Å². The fraction of sp³-hybridized carbons (Fsp3) is 0.481.